The van der Waals surface area contributed by atoms with Gasteiger partial charge < -0.3 is 9.47 Å². The van der Waals surface area contributed by atoms with Crippen LogP contribution in [0.5, 0.6) is 11.5 Å². The molecule has 4 rings (SSSR count). The molecule has 2 heterocycles. The number of aromatic nitrogens is 1. The Morgan fingerprint density at radius 2 is 1.92 bits per heavy atom. The van der Waals surface area contributed by atoms with E-state index in [1.165, 1.54) is 23.5 Å². The van der Waals surface area contributed by atoms with Gasteiger partial charge in [0.15, 0.2) is 11.5 Å². The van der Waals surface area contributed by atoms with Crippen LogP contribution >= 0.6 is 11.3 Å². The van der Waals surface area contributed by atoms with Crippen LogP contribution in [-0.2, 0) is 0 Å². The van der Waals surface area contributed by atoms with Crippen LogP contribution in [0.25, 0.3) is 11.3 Å². The average Bonchev–Trinajstić information content (AvgIpc) is 3.26. The molecule has 3 aromatic rings. The Balaban J connectivity index is 1.72. The molecule has 0 spiro atoms. The predicted octanol–water partition coefficient (Wildman–Crippen LogP) is 3.50. The number of benzene rings is 2. The maximum absolute atomic E-state index is 13.2. The van der Waals surface area contributed by atoms with E-state index >= 15 is 0 Å². The molecule has 1 aromatic heterocycles. The Kier molecular flexibility index (Phi) is 4.07. The summed E-state index contributed by atoms with van der Waals surface area (Å²) in [6, 6.07) is 12.0. The molecule has 1 aliphatic heterocycles. The topological polar surface area (TPSA) is 48.1 Å². The van der Waals surface area contributed by atoms with Gasteiger partial charge in [-0.25, -0.2) is 9.07 Å². The van der Waals surface area contributed by atoms with E-state index in [2.05, 4.69) is 10.1 Å². The third kappa shape index (κ3) is 3.06. The molecule has 0 radical (unpaired) electrons. The number of ether oxygens (including phenoxy) is 2. The molecule has 0 aliphatic carbocycles. The maximum atomic E-state index is 13.2. The zero-order valence-corrected chi connectivity index (χ0v) is 14.2. The van der Waals surface area contributed by atoms with Gasteiger partial charge in [0.1, 0.15) is 5.82 Å². The van der Waals surface area contributed by atoms with Gasteiger partial charge in [-0.3, -0.25) is 4.99 Å². The van der Waals surface area contributed by atoms with Gasteiger partial charge in [0.05, 0.1) is 11.9 Å². The molecule has 126 valence electrons. The lowest BCUT2D eigenvalue weighted by Crippen LogP contribution is -2.11. The van der Waals surface area contributed by atoms with Crippen molar-refractivity contribution in [1.29, 1.82) is 0 Å². The van der Waals surface area contributed by atoms with Crippen LogP contribution in [0.3, 0.4) is 0 Å². The lowest BCUT2D eigenvalue weighted by Gasteiger charge is -2.03. The molecule has 0 unspecified atom stereocenters. The Labute approximate surface area is 147 Å². The molecule has 0 saturated carbocycles. The van der Waals surface area contributed by atoms with Crippen LogP contribution in [0, 0.1) is 5.82 Å². The Morgan fingerprint density at radius 1 is 1.12 bits per heavy atom. The van der Waals surface area contributed by atoms with Crippen molar-refractivity contribution in [2.24, 2.45) is 10.1 Å². The van der Waals surface area contributed by atoms with E-state index in [9.17, 15) is 4.39 Å². The number of hydrogen-bond donors (Lipinski definition) is 0. The Morgan fingerprint density at radius 3 is 2.72 bits per heavy atom. The monoisotopic (exact) mass is 355 g/mol. The number of hydrogen-bond acceptors (Lipinski definition) is 5. The van der Waals surface area contributed by atoms with Crippen molar-refractivity contribution >= 4 is 17.6 Å². The summed E-state index contributed by atoms with van der Waals surface area (Å²) in [6.45, 7) is 0.239. The van der Waals surface area contributed by atoms with Gasteiger partial charge in [-0.05, 0) is 48.0 Å². The van der Waals surface area contributed by atoms with Gasteiger partial charge in [-0.15, -0.1) is 11.3 Å². The van der Waals surface area contributed by atoms with Crippen LogP contribution in [-0.4, -0.2) is 24.7 Å². The van der Waals surface area contributed by atoms with E-state index in [1.807, 2.05) is 23.6 Å². The fourth-order valence-corrected chi connectivity index (χ4v) is 3.30. The molecule has 7 heteroatoms. The van der Waals surface area contributed by atoms with E-state index in [4.69, 9.17) is 9.47 Å². The predicted molar refractivity (Wildman–Crippen MR) is 94.7 cm³/mol. The van der Waals surface area contributed by atoms with Crippen LogP contribution in [0.15, 0.2) is 57.9 Å². The lowest BCUT2D eigenvalue weighted by atomic mass is 10.2. The summed E-state index contributed by atoms with van der Waals surface area (Å²) < 4.78 is 25.6. The molecule has 0 amide bonds. The standard InChI is InChI=1S/C18H14FN3O2S/c1-20-18-22(15(10-25-18)13-3-5-14(19)6-4-13)21-9-12-2-7-16-17(8-12)24-11-23-16/h2-10H,11H2,1H3/b20-18?,21-9+. The van der Waals surface area contributed by atoms with Crippen molar-refractivity contribution < 1.29 is 13.9 Å². The van der Waals surface area contributed by atoms with Crippen molar-refractivity contribution in [3.8, 4) is 22.8 Å². The third-order valence-electron chi connectivity index (χ3n) is 3.74. The summed E-state index contributed by atoms with van der Waals surface area (Å²) in [6.07, 6.45) is 1.73. The highest BCUT2D eigenvalue weighted by atomic mass is 32.1. The van der Waals surface area contributed by atoms with Crippen molar-refractivity contribution in [1.82, 2.24) is 4.68 Å². The first-order chi connectivity index (χ1) is 12.2. The maximum Gasteiger partial charge on any atom is 0.231 e. The second kappa shape index (κ2) is 6.52. The average molecular weight is 355 g/mol. The highest BCUT2D eigenvalue weighted by molar-refractivity contribution is 7.07. The van der Waals surface area contributed by atoms with Crippen molar-refractivity contribution in [3.63, 3.8) is 0 Å². The van der Waals surface area contributed by atoms with Crippen molar-refractivity contribution in [2.75, 3.05) is 13.8 Å². The number of nitrogens with zero attached hydrogens (tertiary/aromatic N) is 3. The highest BCUT2D eigenvalue weighted by Gasteiger charge is 2.13. The zero-order chi connectivity index (χ0) is 17.2. The summed E-state index contributed by atoms with van der Waals surface area (Å²) in [5, 5.41) is 6.50. The van der Waals surface area contributed by atoms with E-state index in [1.54, 1.807) is 30.1 Å². The first-order valence-electron chi connectivity index (χ1n) is 7.58. The Hall–Kier alpha value is -2.93. The second-order valence-electron chi connectivity index (χ2n) is 5.30. The molecule has 0 atom stereocenters. The number of rotatable bonds is 3. The van der Waals surface area contributed by atoms with Gasteiger partial charge in [0, 0.05) is 18.0 Å². The smallest absolute Gasteiger partial charge is 0.231 e. The minimum absolute atomic E-state index is 0.239. The number of halogens is 1. The van der Waals surface area contributed by atoms with Gasteiger partial charge in [0.2, 0.25) is 11.6 Å². The van der Waals surface area contributed by atoms with E-state index in [0.29, 0.717) is 5.75 Å². The van der Waals surface area contributed by atoms with Crippen LogP contribution in [0.2, 0.25) is 0 Å². The molecular formula is C18H14FN3O2S. The van der Waals surface area contributed by atoms with Gasteiger partial charge in [-0.2, -0.15) is 5.10 Å². The SMILES string of the molecule is CN=c1scc(-c2ccc(F)cc2)n1/N=C/c1ccc2c(c1)OCO2. The van der Waals surface area contributed by atoms with E-state index < -0.39 is 0 Å². The van der Waals surface area contributed by atoms with Crippen LogP contribution in [0.1, 0.15) is 5.56 Å². The highest BCUT2D eigenvalue weighted by Crippen LogP contribution is 2.32. The fraction of sp³-hybridized carbons (Fsp3) is 0.111. The number of thiazole rings is 1. The molecule has 0 bridgehead atoms. The minimum Gasteiger partial charge on any atom is -0.454 e. The Bertz CT molecular complexity index is 1010. The lowest BCUT2D eigenvalue weighted by molar-refractivity contribution is 0.174. The molecule has 1 aliphatic rings. The molecule has 0 saturated heterocycles. The van der Waals surface area contributed by atoms with Crippen LogP contribution < -0.4 is 14.3 Å². The molecule has 25 heavy (non-hydrogen) atoms. The second-order valence-corrected chi connectivity index (χ2v) is 6.14. The number of fused-ring (bicyclic) bond motifs is 1. The molecular weight excluding hydrogens is 341 g/mol. The summed E-state index contributed by atoms with van der Waals surface area (Å²) in [5.74, 6) is 1.17. The fourth-order valence-electron chi connectivity index (χ4n) is 2.50. The molecule has 0 fully saturated rings. The molecule has 2 aromatic carbocycles. The van der Waals surface area contributed by atoms with Gasteiger partial charge in [0.25, 0.3) is 0 Å². The summed E-state index contributed by atoms with van der Waals surface area (Å²) in [4.78, 5) is 5.00. The van der Waals surface area contributed by atoms with Gasteiger partial charge >= 0.3 is 0 Å². The summed E-state index contributed by atoms with van der Waals surface area (Å²) >= 11 is 1.47. The van der Waals surface area contributed by atoms with Crippen molar-refractivity contribution in [2.45, 2.75) is 0 Å². The largest absolute Gasteiger partial charge is 0.454 e. The molecule has 0 N–H and O–H groups in total. The normalized spacial score (nSPS) is 13.8. The third-order valence-corrected chi connectivity index (χ3v) is 4.64. The zero-order valence-electron chi connectivity index (χ0n) is 13.3. The molecule has 5 nitrogen and oxygen atoms in total. The minimum atomic E-state index is -0.269. The summed E-state index contributed by atoms with van der Waals surface area (Å²) in [7, 11) is 1.72. The summed E-state index contributed by atoms with van der Waals surface area (Å²) in [5.41, 5.74) is 2.60. The van der Waals surface area contributed by atoms with Crippen LogP contribution in [0.4, 0.5) is 4.39 Å². The quantitative estimate of drug-likeness (QED) is 0.675. The van der Waals surface area contributed by atoms with E-state index in [0.717, 1.165) is 27.4 Å². The van der Waals surface area contributed by atoms with Crippen molar-refractivity contribution in [3.05, 3.63) is 64.0 Å². The van der Waals surface area contributed by atoms with E-state index in [-0.39, 0.29) is 12.6 Å². The first kappa shape index (κ1) is 15.6. The first-order valence-corrected chi connectivity index (χ1v) is 8.46. The van der Waals surface area contributed by atoms with Gasteiger partial charge in [-0.1, -0.05) is 0 Å².